The smallest absolute Gasteiger partial charge is 0.404 e. The van der Waals surface area contributed by atoms with Gasteiger partial charge >= 0.3 is 6.09 Å². The minimum Gasteiger partial charge on any atom is -0.465 e. The minimum absolute atomic E-state index is 0.0299. The number of amides is 2. The molecule has 1 heterocycles. The number of hydrogen-bond donors (Lipinski definition) is 3. The van der Waals surface area contributed by atoms with Crippen LogP contribution in [0.25, 0.3) is 0 Å². The summed E-state index contributed by atoms with van der Waals surface area (Å²) in [4.78, 5) is 27.1. The molecule has 0 fully saturated rings. The summed E-state index contributed by atoms with van der Waals surface area (Å²) < 4.78 is 0. The fraction of sp³-hybridized carbons (Fsp3) is 0.188. The van der Waals surface area contributed by atoms with Gasteiger partial charge in [0, 0.05) is 30.5 Å². The number of carbonyl (C=O) groups excluding carboxylic acids is 1. The lowest BCUT2D eigenvalue weighted by Crippen LogP contribution is -2.36. The Kier molecular flexibility index (Phi) is 5.94. The Labute approximate surface area is 138 Å². The largest absolute Gasteiger partial charge is 0.465 e. The molecular formula is C16H16ClN3O3. The summed E-state index contributed by atoms with van der Waals surface area (Å²) in [5.74, 6) is -0.940. The van der Waals surface area contributed by atoms with Crippen LogP contribution in [0.5, 0.6) is 0 Å². The van der Waals surface area contributed by atoms with Crippen LogP contribution in [0.15, 0.2) is 48.8 Å². The van der Waals surface area contributed by atoms with Gasteiger partial charge in [-0.05, 0) is 35.4 Å². The molecule has 1 aromatic heterocycles. The van der Waals surface area contributed by atoms with Crippen molar-refractivity contribution >= 4 is 23.6 Å². The van der Waals surface area contributed by atoms with Gasteiger partial charge in [0.05, 0.1) is 5.92 Å². The van der Waals surface area contributed by atoms with Gasteiger partial charge in [-0.3, -0.25) is 9.78 Å². The van der Waals surface area contributed by atoms with Crippen LogP contribution < -0.4 is 10.6 Å². The number of nitrogens with zero attached hydrogens (tertiary/aromatic N) is 1. The molecule has 2 amide bonds. The van der Waals surface area contributed by atoms with E-state index >= 15 is 0 Å². The Morgan fingerprint density at radius 3 is 2.57 bits per heavy atom. The molecule has 1 aromatic carbocycles. The van der Waals surface area contributed by atoms with Crippen LogP contribution in [0.2, 0.25) is 5.02 Å². The summed E-state index contributed by atoms with van der Waals surface area (Å²) in [6.07, 6.45) is 2.10. The first kappa shape index (κ1) is 16.8. The highest BCUT2D eigenvalue weighted by molar-refractivity contribution is 6.30. The maximum atomic E-state index is 12.4. The number of carbonyl (C=O) groups is 2. The molecule has 1 unspecified atom stereocenters. The number of pyridine rings is 1. The van der Waals surface area contributed by atoms with Crippen LogP contribution in [0.3, 0.4) is 0 Å². The van der Waals surface area contributed by atoms with Gasteiger partial charge in [-0.15, -0.1) is 0 Å². The van der Waals surface area contributed by atoms with Crippen molar-refractivity contribution in [3.05, 3.63) is 64.9 Å². The number of nitrogens with one attached hydrogen (secondary N) is 2. The lowest BCUT2D eigenvalue weighted by Gasteiger charge is -2.17. The van der Waals surface area contributed by atoms with E-state index in [4.69, 9.17) is 16.7 Å². The predicted molar refractivity (Wildman–Crippen MR) is 86.3 cm³/mol. The summed E-state index contributed by atoms with van der Waals surface area (Å²) in [6.45, 7) is 0.309. The fourth-order valence-electron chi connectivity index (χ4n) is 2.09. The molecule has 0 saturated heterocycles. The van der Waals surface area contributed by atoms with E-state index < -0.39 is 12.0 Å². The molecule has 0 aliphatic heterocycles. The molecule has 0 radical (unpaired) electrons. The van der Waals surface area contributed by atoms with Gasteiger partial charge in [0.2, 0.25) is 5.91 Å². The quantitative estimate of drug-likeness (QED) is 0.757. The molecule has 1 atom stereocenters. The summed E-state index contributed by atoms with van der Waals surface area (Å²) in [5, 5.41) is 14.3. The topological polar surface area (TPSA) is 91.3 Å². The molecule has 2 aromatic rings. The second-order valence-corrected chi connectivity index (χ2v) is 5.30. The van der Waals surface area contributed by atoms with Crippen molar-refractivity contribution < 1.29 is 14.7 Å². The normalized spacial score (nSPS) is 11.5. The second kappa shape index (κ2) is 8.14. The summed E-state index contributed by atoms with van der Waals surface area (Å²) in [6, 6.07) is 10.4. The first-order valence-electron chi connectivity index (χ1n) is 6.95. The maximum Gasteiger partial charge on any atom is 0.404 e. The molecule has 0 spiro atoms. The zero-order chi connectivity index (χ0) is 16.7. The van der Waals surface area contributed by atoms with Crippen molar-refractivity contribution in [2.45, 2.75) is 12.5 Å². The SMILES string of the molecule is O=C(O)NCC(C(=O)NCc1ccncc1)c1cccc(Cl)c1. The number of hydrogen-bond acceptors (Lipinski definition) is 3. The van der Waals surface area contributed by atoms with Gasteiger partial charge in [-0.2, -0.15) is 0 Å². The van der Waals surface area contributed by atoms with Crippen LogP contribution in [-0.4, -0.2) is 28.6 Å². The zero-order valence-electron chi connectivity index (χ0n) is 12.2. The third-order valence-corrected chi connectivity index (χ3v) is 3.48. The molecule has 6 nitrogen and oxygen atoms in total. The van der Waals surface area contributed by atoms with Crippen LogP contribution in [0, 0.1) is 0 Å². The molecule has 3 N–H and O–H groups in total. The Morgan fingerprint density at radius 1 is 1.17 bits per heavy atom. The Bertz CT molecular complexity index is 679. The van der Waals surface area contributed by atoms with Crippen LogP contribution in [0.4, 0.5) is 4.79 Å². The molecule has 2 rings (SSSR count). The van der Waals surface area contributed by atoms with E-state index in [0.29, 0.717) is 17.1 Å². The molecule has 0 bridgehead atoms. The van der Waals surface area contributed by atoms with E-state index in [1.54, 1.807) is 48.8 Å². The standard InChI is InChI=1S/C16H16ClN3O3/c17-13-3-1-2-12(8-13)14(10-20-16(22)23)15(21)19-9-11-4-6-18-7-5-11/h1-8,14,20H,9-10H2,(H,19,21)(H,22,23). The van der Waals surface area contributed by atoms with Gasteiger partial charge in [0.25, 0.3) is 0 Å². The predicted octanol–water partition coefficient (Wildman–Crippen LogP) is 2.40. The lowest BCUT2D eigenvalue weighted by atomic mass is 9.98. The highest BCUT2D eigenvalue weighted by atomic mass is 35.5. The fourth-order valence-corrected chi connectivity index (χ4v) is 2.29. The van der Waals surface area contributed by atoms with Crippen molar-refractivity contribution in [2.24, 2.45) is 0 Å². The van der Waals surface area contributed by atoms with Crippen LogP contribution in [-0.2, 0) is 11.3 Å². The minimum atomic E-state index is -1.18. The van der Waals surface area contributed by atoms with Gasteiger partial charge in [-0.25, -0.2) is 4.79 Å². The van der Waals surface area contributed by atoms with Crippen LogP contribution >= 0.6 is 11.6 Å². The van der Waals surface area contributed by atoms with Crippen LogP contribution in [0.1, 0.15) is 17.0 Å². The van der Waals surface area contributed by atoms with E-state index in [-0.39, 0.29) is 12.5 Å². The maximum absolute atomic E-state index is 12.4. The monoisotopic (exact) mass is 333 g/mol. The highest BCUT2D eigenvalue weighted by Crippen LogP contribution is 2.20. The van der Waals surface area contributed by atoms with Gasteiger partial charge in [0.1, 0.15) is 0 Å². The summed E-state index contributed by atoms with van der Waals surface area (Å²) in [5.41, 5.74) is 1.56. The van der Waals surface area contributed by atoms with Crippen molar-refractivity contribution in [1.29, 1.82) is 0 Å². The molecule has 0 aliphatic carbocycles. The molecule has 0 aliphatic rings. The van der Waals surface area contributed by atoms with E-state index in [9.17, 15) is 9.59 Å². The second-order valence-electron chi connectivity index (χ2n) is 4.87. The summed E-state index contributed by atoms with van der Waals surface area (Å²) in [7, 11) is 0. The number of carboxylic acid groups (broad SMARTS) is 1. The average Bonchev–Trinajstić information content (AvgIpc) is 2.54. The third-order valence-electron chi connectivity index (χ3n) is 3.24. The Hall–Kier alpha value is -2.60. The molecule has 120 valence electrons. The van der Waals surface area contributed by atoms with Crippen molar-refractivity contribution in [3.8, 4) is 0 Å². The van der Waals surface area contributed by atoms with Gasteiger partial charge < -0.3 is 15.7 Å². The first-order valence-corrected chi connectivity index (χ1v) is 7.33. The van der Waals surface area contributed by atoms with Gasteiger partial charge in [0.15, 0.2) is 0 Å². The first-order chi connectivity index (χ1) is 11.1. The number of benzene rings is 1. The highest BCUT2D eigenvalue weighted by Gasteiger charge is 2.21. The van der Waals surface area contributed by atoms with E-state index in [0.717, 1.165) is 5.56 Å². The lowest BCUT2D eigenvalue weighted by molar-refractivity contribution is -0.122. The van der Waals surface area contributed by atoms with E-state index in [1.807, 2.05) is 0 Å². The molecule has 23 heavy (non-hydrogen) atoms. The number of rotatable bonds is 6. The van der Waals surface area contributed by atoms with E-state index in [2.05, 4.69) is 15.6 Å². The zero-order valence-corrected chi connectivity index (χ0v) is 13.0. The number of halogens is 1. The van der Waals surface area contributed by atoms with Crippen molar-refractivity contribution in [1.82, 2.24) is 15.6 Å². The third kappa shape index (κ3) is 5.27. The Balaban J connectivity index is 2.09. The molecule has 7 heteroatoms. The Morgan fingerprint density at radius 2 is 1.91 bits per heavy atom. The van der Waals surface area contributed by atoms with E-state index in [1.165, 1.54) is 0 Å². The average molecular weight is 334 g/mol. The molecule has 0 saturated carbocycles. The van der Waals surface area contributed by atoms with Gasteiger partial charge in [-0.1, -0.05) is 23.7 Å². The summed E-state index contributed by atoms with van der Waals surface area (Å²) >= 11 is 5.95. The van der Waals surface area contributed by atoms with Crippen molar-refractivity contribution in [3.63, 3.8) is 0 Å². The van der Waals surface area contributed by atoms with Crippen molar-refractivity contribution in [2.75, 3.05) is 6.54 Å². The number of aromatic nitrogens is 1. The molecular weight excluding hydrogens is 318 g/mol.